The lowest BCUT2D eigenvalue weighted by Crippen LogP contribution is -2.54. The molecule has 0 spiro atoms. The molecule has 1 aromatic heterocycles. The third kappa shape index (κ3) is 2.40. The first-order chi connectivity index (χ1) is 8.33. The van der Waals surface area contributed by atoms with Crippen molar-refractivity contribution < 1.29 is 4.42 Å². The van der Waals surface area contributed by atoms with E-state index in [2.05, 4.69) is 17.3 Å². The van der Waals surface area contributed by atoms with E-state index in [9.17, 15) is 0 Å². The predicted molar refractivity (Wildman–Crippen MR) is 67.8 cm³/mol. The third-order valence-electron chi connectivity index (χ3n) is 4.48. The van der Waals surface area contributed by atoms with Crippen LogP contribution in [0.5, 0.6) is 0 Å². The van der Waals surface area contributed by atoms with Gasteiger partial charge in [0, 0.05) is 18.1 Å². The van der Waals surface area contributed by atoms with Gasteiger partial charge in [0.2, 0.25) is 0 Å². The van der Waals surface area contributed by atoms with Gasteiger partial charge in [-0.1, -0.05) is 6.42 Å². The van der Waals surface area contributed by atoms with Crippen LogP contribution in [-0.4, -0.2) is 30.1 Å². The zero-order chi connectivity index (χ0) is 11.7. The molecule has 0 saturated carbocycles. The highest BCUT2D eigenvalue weighted by Gasteiger charge is 2.35. The lowest BCUT2D eigenvalue weighted by molar-refractivity contribution is 0.0478. The SMILES string of the molecule is CN1C2CCCC1CC(NCc1ccco1)C2. The molecule has 0 amide bonds. The van der Waals surface area contributed by atoms with Gasteiger partial charge in [0.05, 0.1) is 12.8 Å². The van der Waals surface area contributed by atoms with E-state index >= 15 is 0 Å². The Morgan fingerprint density at radius 1 is 1.35 bits per heavy atom. The van der Waals surface area contributed by atoms with E-state index in [-0.39, 0.29) is 0 Å². The molecule has 2 aliphatic rings. The summed E-state index contributed by atoms with van der Waals surface area (Å²) in [6.07, 6.45) is 8.53. The summed E-state index contributed by atoms with van der Waals surface area (Å²) in [6, 6.07) is 6.28. The van der Waals surface area contributed by atoms with Gasteiger partial charge < -0.3 is 14.6 Å². The molecule has 0 radical (unpaired) electrons. The quantitative estimate of drug-likeness (QED) is 0.870. The summed E-state index contributed by atoms with van der Waals surface area (Å²) in [4.78, 5) is 2.61. The number of fused-ring (bicyclic) bond motifs is 2. The molecule has 2 saturated heterocycles. The predicted octanol–water partition coefficient (Wildman–Crippen LogP) is 2.38. The first-order valence-electron chi connectivity index (χ1n) is 6.80. The maximum atomic E-state index is 5.37. The van der Waals surface area contributed by atoms with Crippen LogP contribution >= 0.6 is 0 Å². The van der Waals surface area contributed by atoms with Crippen LogP contribution in [0.2, 0.25) is 0 Å². The minimum absolute atomic E-state index is 0.673. The van der Waals surface area contributed by atoms with E-state index in [1.807, 2.05) is 12.1 Å². The Hall–Kier alpha value is -0.800. The maximum absolute atomic E-state index is 5.37. The van der Waals surface area contributed by atoms with Crippen molar-refractivity contribution in [2.75, 3.05) is 7.05 Å². The summed E-state index contributed by atoms with van der Waals surface area (Å²) >= 11 is 0. The fourth-order valence-corrected chi connectivity index (χ4v) is 3.44. The van der Waals surface area contributed by atoms with Crippen molar-refractivity contribution >= 4 is 0 Å². The average molecular weight is 234 g/mol. The number of piperidine rings is 2. The second-order valence-corrected chi connectivity index (χ2v) is 5.53. The van der Waals surface area contributed by atoms with Crippen molar-refractivity contribution in [3.05, 3.63) is 24.2 Å². The van der Waals surface area contributed by atoms with Gasteiger partial charge in [0.15, 0.2) is 0 Å². The zero-order valence-corrected chi connectivity index (χ0v) is 10.6. The van der Waals surface area contributed by atoms with E-state index in [0.717, 1.165) is 24.4 Å². The van der Waals surface area contributed by atoms with Gasteiger partial charge in [-0.2, -0.15) is 0 Å². The molecule has 3 nitrogen and oxygen atoms in total. The summed E-state index contributed by atoms with van der Waals surface area (Å²) in [5.74, 6) is 1.05. The van der Waals surface area contributed by atoms with Crippen LogP contribution in [0.1, 0.15) is 37.9 Å². The number of rotatable bonds is 3. The van der Waals surface area contributed by atoms with Crippen LogP contribution in [0.25, 0.3) is 0 Å². The Balaban J connectivity index is 1.55. The van der Waals surface area contributed by atoms with E-state index in [0.29, 0.717) is 6.04 Å². The highest BCUT2D eigenvalue weighted by Crippen LogP contribution is 2.32. The first-order valence-corrected chi connectivity index (χ1v) is 6.80. The first kappa shape index (κ1) is 11.3. The zero-order valence-electron chi connectivity index (χ0n) is 10.6. The van der Waals surface area contributed by atoms with Crippen LogP contribution in [0.3, 0.4) is 0 Å². The normalized spacial score (nSPS) is 33.8. The largest absolute Gasteiger partial charge is 0.468 e. The van der Waals surface area contributed by atoms with Crippen molar-refractivity contribution in [3.63, 3.8) is 0 Å². The number of hydrogen-bond donors (Lipinski definition) is 1. The van der Waals surface area contributed by atoms with E-state index in [1.54, 1.807) is 6.26 Å². The summed E-state index contributed by atoms with van der Waals surface area (Å²) in [7, 11) is 2.30. The van der Waals surface area contributed by atoms with E-state index in [4.69, 9.17) is 4.42 Å². The summed E-state index contributed by atoms with van der Waals surface area (Å²) < 4.78 is 5.37. The maximum Gasteiger partial charge on any atom is 0.117 e. The van der Waals surface area contributed by atoms with Crippen molar-refractivity contribution in [1.82, 2.24) is 10.2 Å². The molecular weight excluding hydrogens is 212 g/mol. The van der Waals surface area contributed by atoms with Gasteiger partial charge in [-0.05, 0) is 44.9 Å². The van der Waals surface area contributed by atoms with Gasteiger partial charge in [0.1, 0.15) is 5.76 Å². The molecule has 0 aliphatic carbocycles. The van der Waals surface area contributed by atoms with Crippen LogP contribution in [0.15, 0.2) is 22.8 Å². The molecule has 3 heterocycles. The van der Waals surface area contributed by atoms with Crippen molar-refractivity contribution in [2.45, 2.75) is 56.8 Å². The molecule has 1 N–H and O–H groups in total. The molecule has 2 fully saturated rings. The molecular formula is C14H22N2O. The van der Waals surface area contributed by atoms with Crippen LogP contribution in [-0.2, 0) is 6.54 Å². The van der Waals surface area contributed by atoms with E-state index < -0.39 is 0 Å². The molecule has 1 aromatic rings. The smallest absolute Gasteiger partial charge is 0.117 e. The molecule has 3 heteroatoms. The summed E-state index contributed by atoms with van der Waals surface area (Å²) in [5.41, 5.74) is 0. The number of nitrogens with zero attached hydrogens (tertiary/aromatic N) is 1. The molecule has 0 aromatic carbocycles. The minimum Gasteiger partial charge on any atom is -0.468 e. The molecule has 2 bridgehead atoms. The topological polar surface area (TPSA) is 28.4 Å². The van der Waals surface area contributed by atoms with Gasteiger partial charge in [-0.25, -0.2) is 0 Å². The van der Waals surface area contributed by atoms with Crippen LogP contribution in [0.4, 0.5) is 0 Å². The van der Waals surface area contributed by atoms with Gasteiger partial charge in [0.25, 0.3) is 0 Å². The van der Waals surface area contributed by atoms with Crippen LogP contribution < -0.4 is 5.32 Å². The lowest BCUT2D eigenvalue weighted by Gasteiger charge is -2.47. The Labute approximate surface area is 103 Å². The lowest BCUT2D eigenvalue weighted by atomic mass is 9.82. The monoisotopic (exact) mass is 234 g/mol. The highest BCUT2D eigenvalue weighted by atomic mass is 16.3. The highest BCUT2D eigenvalue weighted by molar-refractivity contribution is 4.99. The van der Waals surface area contributed by atoms with E-state index in [1.165, 1.54) is 32.1 Å². The average Bonchev–Trinajstić information content (AvgIpc) is 2.79. The molecule has 3 rings (SSSR count). The Morgan fingerprint density at radius 2 is 2.12 bits per heavy atom. The fourth-order valence-electron chi connectivity index (χ4n) is 3.44. The Bertz CT molecular complexity index is 335. The van der Waals surface area contributed by atoms with Gasteiger partial charge in [-0.15, -0.1) is 0 Å². The van der Waals surface area contributed by atoms with Gasteiger partial charge in [-0.3, -0.25) is 0 Å². The summed E-state index contributed by atoms with van der Waals surface area (Å²) in [6.45, 7) is 0.876. The number of furan rings is 1. The second-order valence-electron chi connectivity index (χ2n) is 5.53. The van der Waals surface area contributed by atoms with Crippen molar-refractivity contribution in [2.24, 2.45) is 0 Å². The molecule has 2 unspecified atom stereocenters. The molecule has 17 heavy (non-hydrogen) atoms. The van der Waals surface area contributed by atoms with Gasteiger partial charge >= 0.3 is 0 Å². The third-order valence-corrected chi connectivity index (χ3v) is 4.48. The van der Waals surface area contributed by atoms with Crippen LogP contribution in [0, 0.1) is 0 Å². The molecule has 94 valence electrons. The fraction of sp³-hybridized carbons (Fsp3) is 0.714. The Kier molecular flexibility index (Phi) is 3.21. The van der Waals surface area contributed by atoms with Crippen molar-refractivity contribution in [3.8, 4) is 0 Å². The minimum atomic E-state index is 0.673. The summed E-state index contributed by atoms with van der Waals surface area (Å²) in [5, 5.41) is 3.65. The Morgan fingerprint density at radius 3 is 2.76 bits per heavy atom. The molecule has 2 atom stereocenters. The number of nitrogens with one attached hydrogen (secondary N) is 1. The standard InChI is InChI=1S/C14H22N2O/c1-16-12-4-2-5-13(16)9-11(8-12)15-10-14-6-3-7-17-14/h3,6-7,11-13,15H,2,4-5,8-10H2,1H3. The number of hydrogen-bond acceptors (Lipinski definition) is 3. The second kappa shape index (κ2) is 4.83. The van der Waals surface area contributed by atoms with Crippen molar-refractivity contribution in [1.29, 1.82) is 0 Å². The molecule has 2 aliphatic heterocycles.